The third-order valence-corrected chi connectivity index (χ3v) is 3.11. The van der Waals surface area contributed by atoms with Gasteiger partial charge in [-0.05, 0) is 30.3 Å². The fourth-order valence-corrected chi connectivity index (χ4v) is 1.94. The number of hydrogen-bond acceptors (Lipinski definition) is 4. The molecule has 1 heterocycles. The highest BCUT2D eigenvalue weighted by atomic mass is 35.5. The third-order valence-electron chi connectivity index (χ3n) is 2.78. The average Bonchev–Trinajstić information content (AvgIpc) is 2.93. The van der Waals surface area contributed by atoms with Crippen molar-refractivity contribution in [1.82, 2.24) is 5.32 Å². The Bertz CT molecular complexity index is 610. The maximum Gasteiger partial charge on any atom is 0.252 e. The molecule has 3 N–H and O–H groups in total. The second-order valence-corrected chi connectivity index (χ2v) is 4.56. The Morgan fingerprint density at radius 3 is 2.70 bits per heavy atom. The molecule has 0 radical (unpaired) electrons. The van der Waals surface area contributed by atoms with E-state index in [-0.39, 0.29) is 12.5 Å². The molecule has 20 heavy (non-hydrogen) atoms. The van der Waals surface area contributed by atoms with E-state index in [9.17, 15) is 4.79 Å². The molecule has 0 aliphatic carbocycles. The Morgan fingerprint density at radius 2 is 2.05 bits per heavy atom. The number of aliphatic hydroxyl groups excluding tert-OH is 1. The van der Waals surface area contributed by atoms with Crippen molar-refractivity contribution in [3.8, 4) is 0 Å². The van der Waals surface area contributed by atoms with E-state index in [1.54, 1.807) is 37.4 Å². The van der Waals surface area contributed by atoms with Crippen molar-refractivity contribution in [3.63, 3.8) is 0 Å². The summed E-state index contributed by atoms with van der Waals surface area (Å²) in [6.07, 6.45) is 0. The molecule has 2 aromatic rings. The lowest BCUT2D eigenvalue weighted by atomic mass is 10.2. The minimum Gasteiger partial charge on any atom is -0.462 e. The molecule has 5 nitrogen and oxygen atoms in total. The van der Waals surface area contributed by atoms with Crippen LogP contribution in [-0.2, 0) is 13.2 Å². The minimum atomic E-state index is -0.237. The summed E-state index contributed by atoms with van der Waals surface area (Å²) in [4.78, 5) is 11.6. The number of rotatable bonds is 5. The summed E-state index contributed by atoms with van der Waals surface area (Å²) < 4.78 is 5.36. The van der Waals surface area contributed by atoms with E-state index >= 15 is 0 Å². The summed E-state index contributed by atoms with van der Waals surface area (Å²) in [6, 6.07) is 8.63. The number of benzene rings is 1. The van der Waals surface area contributed by atoms with Crippen molar-refractivity contribution in [2.24, 2.45) is 0 Å². The number of carbonyl (C=O) groups is 1. The molecule has 0 atom stereocenters. The van der Waals surface area contributed by atoms with E-state index in [2.05, 4.69) is 10.6 Å². The van der Waals surface area contributed by atoms with Crippen LogP contribution in [0.1, 0.15) is 21.9 Å². The average molecular weight is 295 g/mol. The lowest BCUT2D eigenvalue weighted by Crippen LogP contribution is -2.18. The molecule has 0 bridgehead atoms. The number of aliphatic hydroxyl groups is 1. The van der Waals surface area contributed by atoms with Gasteiger partial charge in [0.25, 0.3) is 5.91 Å². The first-order valence-corrected chi connectivity index (χ1v) is 6.45. The van der Waals surface area contributed by atoms with Crippen LogP contribution in [0.25, 0.3) is 0 Å². The number of carbonyl (C=O) groups excluding carboxylic acids is 1. The van der Waals surface area contributed by atoms with E-state index in [0.29, 0.717) is 28.7 Å². The van der Waals surface area contributed by atoms with Crippen LogP contribution in [0.4, 0.5) is 5.69 Å². The van der Waals surface area contributed by atoms with Crippen LogP contribution in [0.15, 0.2) is 34.7 Å². The predicted octanol–water partition coefficient (Wildman–Crippen LogP) is 2.40. The number of nitrogens with one attached hydrogen (secondary N) is 2. The van der Waals surface area contributed by atoms with E-state index < -0.39 is 0 Å². The second-order valence-electron chi connectivity index (χ2n) is 4.15. The summed E-state index contributed by atoms with van der Waals surface area (Å²) in [5, 5.41) is 15.0. The molecule has 106 valence electrons. The SMILES string of the molecule is CNC(=O)c1cc(NCc2ccc(CO)o2)ccc1Cl. The van der Waals surface area contributed by atoms with Crippen LogP contribution in [0.3, 0.4) is 0 Å². The molecule has 0 fully saturated rings. The Hall–Kier alpha value is -1.98. The van der Waals surface area contributed by atoms with Crippen LogP contribution >= 0.6 is 11.6 Å². The highest BCUT2D eigenvalue weighted by Gasteiger charge is 2.09. The lowest BCUT2D eigenvalue weighted by Gasteiger charge is -2.08. The van der Waals surface area contributed by atoms with Crippen LogP contribution < -0.4 is 10.6 Å². The fraction of sp³-hybridized carbons (Fsp3) is 0.214. The highest BCUT2D eigenvalue weighted by Crippen LogP contribution is 2.21. The Kier molecular flexibility index (Phi) is 4.65. The van der Waals surface area contributed by atoms with Crippen molar-refractivity contribution in [1.29, 1.82) is 0 Å². The van der Waals surface area contributed by atoms with Gasteiger partial charge in [-0.25, -0.2) is 0 Å². The molecule has 1 aromatic heterocycles. The van der Waals surface area contributed by atoms with Crippen molar-refractivity contribution in [2.75, 3.05) is 12.4 Å². The summed E-state index contributed by atoms with van der Waals surface area (Å²) in [5.41, 5.74) is 1.17. The molecule has 0 aliphatic heterocycles. The summed E-state index contributed by atoms with van der Waals surface area (Å²) in [7, 11) is 1.55. The molecule has 0 saturated heterocycles. The fourth-order valence-electron chi connectivity index (χ4n) is 1.74. The van der Waals surface area contributed by atoms with Gasteiger partial charge in [-0.3, -0.25) is 4.79 Å². The van der Waals surface area contributed by atoms with Crippen molar-refractivity contribution >= 4 is 23.2 Å². The summed E-state index contributed by atoms with van der Waals surface area (Å²) >= 11 is 5.97. The molecule has 0 unspecified atom stereocenters. The minimum absolute atomic E-state index is 0.123. The molecule has 2 rings (SSSR count). The number of hydrogen-bond donors (Lipinski definition) is 3. The monoisotopic (exact) mass is 294 g/mol. The molecule has 1 amide bonds. The summed E-state index contributed by atoms with van der Waals surface area (Å²) in [5.74, 6) is 0.980. The molecular formula is C14H15ClN2O3. The normalized spacial score (nSPS) is 10.3. The second kappa shape index (κ2) is 6.45. The van der Waals surface area contributed by atoms with E-state index in [4.69, 9.17) is 21.1 Å². The van der Waals surface area contributed by atoms with Gasteiger partial charge < -0.3 is 20.2 Å². The largest absolute Gasteiger partial charge is 0.462 e. The quantitative estimate of drug-likeness (QED) is 0.791. The topological polar surface area (TPSA) is 74.5 Å². The van der Waals surface area contributed by atoms with Crippen molar-refractivity contribution in [3.05, 3.63) is 52.4 Å². The number of anilines is 1. The van der Waals surface area contributed by atoms with Gasteiger partial charge in [0.2, 0.25) is 0 Å². The summed E-state index contributed by atoms with van der Waals surface area (Å²) in [6.45, 7) is 0.330. The Balaban J connectivity index is 2.08. The van der Waals surface area contributed by atoms with Gasteiger partial charge in [0.1, 0.15) is 18.1 Å². The van der Waals surface area contributed by atoms with Crippen molar-refractivity contribution < 1.29 is 14.3 Å². The zero-order valence-corrected chi connectivity index (χ0v) is 11.7. The Labute approximate surface area is 121 Å². The van der Waals surface area contributed by atoms with Crippen LogP contribution in [0.5, 0.6) is 0 Å². The molecule has 0 spiro atoms. The maximum atomic E-state index is 11.6. The molecule has 0 saturated carbocycles. The van der Waals surface area contributed by atoms with Crippen molar-refractivity contribution in [2.45, 2.75) is 13.2 Å². The highest BCUT2D eigenvalue weighted by molar-refractivity contribution is 6.34. The van der Waals surface area contributed by atoms with Crippen LogP contribution in [-0.4, -0.2) is 18.1 Å². The van der Waals surface area contributed by atoms with Gasteiger partial charge in [0, 0.05) is 12.7 Å². The van der Waals surface area contributed by atoms with Crippen LogP contribution in [0.2, 0.25) is 5.02 Å². The first-order chi connectivity index (χ1) is 9.63. The molecule has 6 heteroatoms. The number of amides is 1. The van der Waals surface area contributed by atoms with Gasteiger partial charge in [0.05, 0.1) is 17.1 Å². The van der Waals surface area contributed by atoms with E-state index in [1.165, 1.54) is 0 Å². The predicted molar refractivity (Wildman–Crippen MR) is 76.8 cm³/mol. The molecule has 0 aliphatic rings. The Morgan fingerprint density at radius 1 is 1.30 bits per heavy atom. The number of halogens is 1. The van der Waals surface area contributed by atoms with E-state index in [0.717, 1.165) is 5.69 Å². The van der Waals surface area contributed by atoms with Gasteiger partial charge in [-0.1, -0.05) is 11.6 Å². The lowest BCUT2D eigenvalue weighted by molar-refractivity contribution is 0.0963. The maximum absolute atomic E-state index is 11.6. The standard InChI is InChI=1S/C14H15ClN2O3/c1-16-14(19)12-6-9(2-5-13(12)15)17-7-10-3-4-11(8-18)20-10/h2-6,17-18H,7-8H2,1H3,(H,16,19). The van der Waals surface area contributed by atoms with Gasteiger partial charge >= 0.3 is 0 Å². The van der Waals surface area contributed by atoms with Gasteiger partial charge in [0.15, 0.2) is 0 Å². The zero-order chi connectivity index (χ0) is 14.5. The molecular weight excluding hydrogens is 280 g/mol. The van der Waals surface area contributed by atoms with Gasteiger partial charge in [-0.2, -0.15) is 0 Å². The first kappa shape index (κ1) is 14.4. The molecule has 1 aromatic carbocycles. The smallest absolute Gasteiger partial charge is 0.252 e. The zero-order valence-electron chi connectivity index (χ0n) is 10.9. The van der Waals surface area contributed by atoms with Gasteiger partial charge in [-0.15, -0.1) is 0 Å². The first-order valence-electron chi connectivity index (χ1n) is 6.08. The third kappa shape index (κ3) is 3.31. The van der Waals surface area contributed by atoms with Crippen LogP contribution in [0, 0.1) is 0 Å². The van der Waals surface area contributed by atoms with E-state index in [1.807, 2.05) is 0 Å². The number of furan rings is 1.